The van der Waals surface area contributed by atoms with Crippen LogP contribution >= 0.6 is 0 Å². The number of nitrogens with two attached hydrogens (primary N) is 1. The van der Waals surface area contributed by atoms with Gasteiger partial charge in [-0.15, -0.1) is 0 Å². The van der Waals surface area contributed by atoms with Crippen LogP contribution in [-0.4, -0.2) is 29.7 Å². The zero-order valence-electron chi connectivity index (χ0n) is 11.1. The highest BCUT2D eigenvalue weighted by Gasteiger charge is 2.15. The lowest BCUT2D eigenvalue weighted by Crippen LogP contribution is -2.05. The zero-order chi connectivity index (χ0) is 14.4. The highest BCUT2D eigenvalue weighted by atomic mass is 16.3. The van der Waals surface area contributed by atoms with E-state index in [0.717, 1.165) is 17.0 Å². The van der Waals surface area contributed by atoms with E-state index in [1.54, 1.807) is 23.3 Å². The molecule has 0 saturated heterocycles. The van der Waals surface area contributed by atoms with Crippen LogP contribution in [0.4, 0.5) is 5.82 Å². The molecule has 0 aliphatic carbocycles. The molecule has 0 aromatic carbocycles. The fourth-order valence-corrected chi connectivity index (χ4v) is 2.26. The van der Waals surface area contributed by atoms with E-state index < -0.39 is 0 Å². The molecule has 0 amide bonds. The molecule has 104 valence electrons. The predicted octanol–water partition coefficient (Wildman–Crippen LogP) is 1.69. The summed E-state index contributed by atoms with van der Waals surface area (Å²) in [4.78, 5) is 15.4. The molecule has 8 nitrogen and oxygen atoms in total. The van der Waals surface area contributed by atoms with E-state index in [1.807, 2.05) is 13.0 Å². The number of nitrogen functional groups attached to an aromatic ring is 1. The van der Waals surface area contributed by atoms with Crippen LogP contribution in [0.1, 0.15) is 5.76 Å². The molecule has 0 radical (unpaired) electrons. The molecule has 4 rings (SSSR count). The average Bonchev–Trinajstić information content (AvgIpc) is 3.17. The summed E-state index contributed by atoms with van der Waals surface area (Å²) < 4.78 is 6.86. The molecule has 0 spiro atoms. The van der Waals surface area contributed by atoms with Gasteiger partial charge in [-0.25, -0.2) is 15.0 Å². The van der Waals surface area contributed by atoms with Crippen LogP contribution in [0.15, 0.2) is 35.5 Å². The minimum absolute atomic E-state index is 0.472. The van der Waals surface area contributed by atoms with E-state index in [4.69, 9.17) is 10.2 Å². The van der Waals surface area contributed by atoms with Crippen molar-refractivity contribution < 1.29 is 4.42 Å². The van der Waals surface area contributed by atoms with E-state index in [1.165, 1.54) is 6.33 Å². The normalized spacial score (nSPS) is 11.3. The largest absolute Gasteiger partial charge is 0.469 e. The van der Waals surface area contributed by atoms with Gasteiger partial charge in [0.1, 0.15) is 23.4 Å². The fraction of sp³-hybridized carbons (Fsp3) is 0.0769. The van der Waals surface area contributed by atoms with Crippen LogP contribution in [0, 0.1) is 6.92 Å². The van der Waals surface area contributed by atoms with Gasteiger partial charge in [-0.2, -0.15) is 9.78 Å². The van der Waals surface area contributed by atoms with Crippen molar-refractivity contribution in [3.63, 3.8) is 0 Å². The lowest BCUT2D eigenvalue weighted by Gasteiger charge is -2.02. The third-order valence-electron chi connectivity index (χ3n) is 3.28. The van der Waals surface area contributed by atoms with Crippen molar-refractivity contribution >= 4 is 17.0 Å². The topological polar surface area (TPSA) is 111 Å². The smallest absolute Gasteiger partial charge is 0.184 e. The first kappa shape index (κ1) is 11.6. The van der Waals surface area contributed by atoms with Gasteiger partial charge < -0.3 is 15.1 Å². The van der Waals surface area contributed by atoms with Crippen molar-refractivity contribution in [2.75, 3.05) is 5.73 Å². The lowest BCUT2D eigenvalue weighted by atomic mass is 10.2. The monoisotopic (exact) mass is 281 g/mol. The molecule has 0 saturated carbocycles. The van der Waals surface area contributed by atoms with Crippen molar-refractivity contribution in [2.24, 2.45) is 0 Å². The van der Waals surface area contributed by atoms with Crippen molar-refractivity contribution in [1.29, 1.82) is 0 Å². The first-order chi connectivity index (χ1) is 10.2. The number of aromatic amines is 1. The van der Waals surface area contributed by atoms with Crippen LogP contribution in [0.2, 0.25) is 0 Å². The fourth-order valence-electron chi connectivity index (χ4n) is 2.26. The molecular formula is C13H11N7O. The number of H-pyrrole nitrogens is 1. The third kappa shape index (κ3) is 1.69. The molecule has 8 heteroatoms. The Morgan fingerprint density at radius 3 is 3.00 bits per heavy atom. The summed E-state index contributed by atoms with van der Waals surface area (Å²) in [7, 11) is 0. The number of aromatic nitrogens is 6. The Hall–Kier alpha value is -3.16. The summed E-state index contributed by atoms with van der Waals surface area (Å²) in [5.41, 5.74) is 8.94. The standard InChI is InChI=1S/C13H11N7O/c1-7-8(2-3-21-7)9-4-10(14)20(19-9)13-11-12(16-5-15-11)17-6-18-13/h2-6H,14H2,1H3,(H,15,16,17,18). The second-order valence-electron chi connectivity index (χ2n) is 4.56. The summed E-state index contributed by atoms with van der Waals surface area (Å²) >= 11 is 0. The molecule has 4 aromatic heterocycles. The molecular weight excluding hydrogens is 270 g/mol. The maximum Gasteiger partial charge on any atom is 0.184 e. The van der Waals surface area contributed by atoms with Gasteiger partial charge in [0.05, 0.1) is 18.3 Å². The van der Waals surface area contributed by atoms with E-state index in [2.05, 4.69) is 25.0 Å². The minimum Gasteiger partial charge on any atom is -0.469 e. The number of rotatable bonds is 2. The number of nitrogens with zero attached hydrogens (tertiary/aromatic N) is 5. The Morgan fingerprint density at radius 1 is 1.29 bits per heavy atom. The van der Waals surface area contributed by atoms with Crippen LogP contribution in [-0.2, 0) is 0 Å². The average molecular weight is 281 g/mol. The number of fused-ring (bicyclic) bond motifs is 1. The first-order valence-electron chi connectivity index (χ1n) is 6.28. The summed E-state index contributed by atoms with van der Waals surface area (Å²) in [6, 6.07) is 3.63. The van der Waals surface area contributed by atoms with Crippen LogP contribution in [0.25, 0.3) is 28.2 Å². The minimum atomic E-state index is 0.472. The van der Waals surface area contributed by atoms with Crippen molar-refractivity contribution in [2.45, 2.75) is 6.92 Å². The van der Waals surface area contributed by atoms with Crippen LogP contribution in [0.5, 0.6) is 0 Å². The van der Waals surface area contributed by atoms with E-state index >= 15 is 0 Å². The maximum atomic E-state index is 6.06. The predicted molar refractivity (Wildman–Crippen MR) is 75.7 cm³/mol. The van der Waals surface area contributed by atoms with Gasteiger partial charge in [0.2, 0.25) is 0 Å². The van der Waals surface area contributed by atoms with Crippen molar-refractivity contribution in [1.82, 2.24) is 29.7 Å². The van der Waals surface area contributed by atoms with Gasteiger partial charge in [0.15, 0.2) is 11.5 Å². The van der Waals surface area contributed by atoms with E-state index in [0.29, 0.717) is 22.8 Å². The number of nitrogens with one attached hydrogen (secondary N) is 1. The van der Waals surface area contributed by atoms with E-state index in [-0.39, 0.29) is 0 Å². The molecule has 0 aliphatic rings. The Balaban J connectivity index is 1.92. The van der Waals surface area contributed by atoms with Gasteiger partial charge in [0, 0.05) is 11.6 Å². The molecule has 0 fully saturated rings. The van der Waals surface area contributed by atoms with Crippen LogP contribution < -0.4 is 5.73 Å². The van der Waals surface area contributed by atoms with Gasteiger partial charge >= 0.3 is 0 Å². The Morgan fingerprint density at radius 2 is 2.19 bits per heavy atom. The molecule has 4 heterocycles. The summed E-state index contributed by atoms with van der Waals surface area (Å²) in [5, 5.41) is 4.51. The molecule has 4 aromatic rings. The molecule has 0 unspecified atom stereocenters. The number of hydrogen-bond donors (Lipinski definition) is 2. The maximum absolute atomic E-state index is 6.06. The summed E-state index contributed by atoms with van der Waals surface area (Å²) in [5.74, 6) is 1.82. The van der Waals surface area contributed by atoms with Crippen LogP contribution in [0.3, 0.4) is 0 Å². The molecule has 0 atom stereocenters. The SMILES string of the molecule is Cc1occc1-c1cc(N)n(-c2ncnc3nc[nH]c23)n1. The zero-order valence-corrected chi connectivity index (χ0v) is 11.1. The third-order valence-corrected chi connectivity index (χ3v) is 3.28. The second kappa shape index (κ2) is 4.17. The van der Waals surface area contributed by atoms with Gasteiger partial charge in [-0.05, 0) is 13.0 Å². The molecule has 0 bridgehead atoms. The van der Waals surface area contributed by atoms with Crippen molar-refractivity contribution in [3.8, 4) is 17.1 Å². The number of hydrogen-bond acceptors (Lipinski definition) is 6. The Labute approximate surface area is 118 Å². The Bertz CT molecular complexity index is 933. The Kier molecular flexibility index (Phi) is 2.31. The number of anilines is 1. The lowest BCUT2D eigenvalue weighted by molar-refractivity contribution is 0.535. The van der Waals surface area contributed by atoms with Gasteiger partial charge in [-0.1, -0.05) is 0 Å². The van der Waals surface area contributed by atoms with Crippen molar-refractivity contribution in [3.05, 3.63) is 36.8 Å². The number of aryl methyl sites for hydroxylation is 1. The quantitative estimate of drug-likeness (QED) is 0.578. The number of furan rings is 1. The molecule has 3 N–H and O–H groups in total. The van der Waals surface area contributed by atoms with Gasteiger partial charge in [-0.3, -0.25) is 0 Å². The van der Waals surface area contributed by atoms with Gasteiger partial charge in [0.25, 0.3) is 0 Å². The summed E-state index contributed by atoms with van der Waals surface area (Å²) in [6.45, 7) is 1.88. The highest BCUT2D eigenvalue weighted by Crippen LogP contribution is 2.27. The highest BCUT2D eigenvalue weighted by molar-refractivity contribution is 5.78. The summed E-state index contributed by atoms with van der Waals surface area (Å²) in [6.07, 6.45) is 4.61. The van der Waals surface area contributed by atoms with E-state index in [9.17, 15) is 0 Å². The second-order valence-corrected chi connectivity index (χ2v) is 4.56. The number of imidazole rings is 1. The molecule has 21 heavy (non-hydrogen) atoms. The molecule has 0 aliphatic heterocycles. The first-order valence-corrected chi connectivity index (χ1v) is 6.28.